The summed E-state index contributed by atoms with van der Waals surface area (Å²) in [5.41, 5.74) is 2.43. The Kier molecular flexibility index (Phi) is 6.25. The highest BCUT2D eigenvalue weighted by atomic mass is 16.5. The second-order valence-corrected chi connectivity index (χ2v) is 6.99. The Hall–Kier alpha value is -4.74. The van der Waals surface area contributed by atoms with E-state index in [4.69, 9.17) is 0 Å². The van der Waals surface area contributed by atoms with Crippen molar-refractivity contribution < 1.29 is 18.6 Å². The Labute approximate surface area is 185 Å². The van der Waals surface area contributed by atoms with Crippen LogP contribution in [0.15, 0.2) is 67.2 Å². The van der Waals surface area contributed by atoms with Gasteiger partial charge in [-0.15, -0.1) is 0 Å². The van der Waals surface area contributed by atoms with Crippen LogP contribution in [-0.4, -0.2) is 32.1 Å². The van der Waals surface area contributed by atoms with Gasteiger partial charge in [0.25, 0.3) is 0 Å². The molecule has 0 saturated heterocycles. The highest BCUT2D eigenvalue weighted by molar-refractivity contribution is 5.93. The number of hydrogen-bond acceptors (Lipinski definition) is 8. The fourth-order valence-electron chi connectivity index (χ4n) is 2.99. The predicted octanol–water partition coefficient (Wildman–Crippen LogP) is 2.12. The third-order valence-corrected chi connectivity index (χ3v) is 4.57. The van der Waals surface area contributed by atoms with E-state index in [-0.39, 0.29) is 24.7 Å². The van der Waals surface area contributed by atoms with E-state index in [0.717, 1.165) is 0 Å². The SMILES string of the molecule is O=C(CCCC(=O)Nc1ccc(-c2noc(=O)[nH]2)cc1)Nc1ccc(-c2noc(=O)[nH]2)cc1. The molecule has 0 unspecified atom stereocenters. The smallest absolute Gasteiger partial charge is 0.326 e. The molecule has 0 bridgehead atoms. The minimum Gasteiger partial charge on any atom is -0.326 e. The molecule has 12 heteroatoms. The highest BCUT2D eigenvalue weighted by Gasteiger charge is 2.09. The summed E-state index contributed by atoms with van der Waals surface area (Å²) in [5, 5.41) is 12.7. The summed E-state index contributed by atoms with van der Waals surface area (Å²) in [6, 6.07) is 13.4. The molecule has 2 aromatic carbocycles. The van der Waals surface area contributed by atoms with Crippen molar-refractivity contribution in [2.45, 2.75) is 19.3 Å². The number of aromatic amines is 2. The largest absolute Gasteiger partial charge is 0.439 e. The van der Waals surface area contributed by atoms with Crippen molar-refractivity contribution in [1.29, 1.82) is 0 Å². The number of hydrogen-bond donors (Lipinski definition) is 4. The molecule has 2 heterocycles. The summed E-state index contributed by atoms with van der Waals surface area (Å²) < 4.78 is 8.92. The first-order valence-corrected chi connectivity index (χ1v) is 9.89. The zero-order chi connectivity index (χ0) is 23.2. The van der Waals surface area contributed by atoms with Gasteiger partial charge in [0.1, 0.15) is 0 Å². The predicted molar refractivity (Wildman–Crippen MR) is 116 cm³/mol. The lowest BCUT2D eigenvalue weighted by atomic mass is 10.1. The molecule has 33 heavy (non-hydrogen) atoms. The summed E-state index contributed by atoms with van der Waals surface area (Å²) in [4.78, 5) is 51.2. The van der Waals surface area contributed by atoms with E-state index in [9.17, 15) is 19.2 Å². The van der Waals surface area contributed by atoms with Crippen LogP contribution in [0, 0.1) is 0 Å². The van der Waals surface area contributed by atoms with Gasteiger partial charge in [-0.05, 0) is 55.0 Å². The molecular formula is C21H18N6O6. The zero-order valence-electron chi connectivity index (χ0n) is 17.1. The molecule has 2 amide bonds. The highest BCUT2D eigenvalue weighted by Crippen LogP contribution is 2.18. The van der Waals surface area contributed by atoms with Crippen molar-refractivity contribution in [2.24, 2.45) is 0 Å². The number of nitrogens with one attached hydrogen (secondary N) is 4. The molecule has 4 aromatic rings. The molecule has 0 fully saturated rings. The first-order chi connectivity index (χ1) is 16.0. The Morgan fingerprint density at radius 2 is 1.09 bits per heavy atom. The Morgan fingerprint density at radius 1 is 0.697 bits per heavy atom. The number of benzene rings is 2. The first-order valence-electron chi connectivity index (χ1n) is 9.89. The van der Waals surface area contributed by atoms with Crippen molar-refractivity contribution in [3.63, 3.8) is 0 Å². The van der Waals surface area contributed by atoms with Crippen molar-refractivity contribution in [1.82, 2.24) is 20.3 Å². The Morgan fingerprint density at radius 3 is 1.42 bits per heavy atom. The van der Waals surface area contributed by atoms with E-state index < -0.39 is 11.5 Å². The lowest BCUT2D eigenvalue weighted by Crippen LogP contribution is -2.14. The van der Waals surface area contributed by atoms with Crippen molar-refractivity contribution in [2.75, 3.05) is 10.6 Å². The number of anilines is 2. The number of aromatic nitrogens is 4. The average molecular weight is 450 g/mol. The Balaban J connectivity index is 1.20. The molecule has 12 nitrogen and oxygen atoms in total. The van der Waals surface area contributed by atoms with Gasteiger partial charge in [0, 0.05) is 35.3 Å². The topological polar surface area (TPSA) is 176 Å². The molecule has 0 aliphatic heterocycles. The molecule has 0 radical (unpaired) electrons. The molecule has 168 valence electrons. The number of carbonyl (C=O) groups excluding carboxylic acids is 2. The van der Waals surface area contributed by atoms with Crippen molar-refractivity contribution in [3.8, 4) is 22.8 Å². The average Bonchev–Trinajstić information content (AvgIpc) is 3.43. The van der Waals surface area contributed by atoms with Gasteiger partial charge in [-0.1, -0.05) is 10.3 Å². The number of amides is 2. The Bertz CT molecular complexity index is 1260. The van der Waals surface area contributed by atoms with Crippen molar-refractivity contribution >= 4 is 23.2 Å². The van der Waals surface area contributed by atoms with E-state index in [1.54, 1.807) is 48.5 Å². The normalized spacial score (nSPS) is 10.7. The lowest BCUT2D eigenvalue weighted by Gasteiger charge is -2.07. The van der Waals surface area contributed by atoms with Crippen LogP contribution in [-0.2, 0) is 9.59 Å². The molecule has 4 N–H and O–H groups in total. The van der Waals surface area contributed by atoms with Crippen LogP contribution in [0.3, 0.4) is 0 Å². The minimum absolute atomic E-state index is 0.171. The molecule has 0 atom stereocenters. The van der Waals surface area contributed by atoms with Gasteiger partial charge in [0.15, 0.2) is 11.6 Å². The summed E-state index contributed by atoms with van der Waals surface area (Å²) in [7, 11) is 0. The maximum Gasteiger partial charge on any atom is 0.439 e. The molecule has 4 rings (SSSR count). The van der Waals surface area contributed by atoms with Gasteiger partial charge in [-0.25, -0.2) is 9.59 Å². The van der Waals surface area contributed by atoms with E-state index in [0.29, 0.717) is 40.6 Å². The van der Waals surface area contributed by atoms with E-state index in [2.05, 4.69) is 40.0 Å². The van der Waals surface area contributed by atoms with Crippen LogP contribution in [0.1, 0.15) is 19.3 Å². The quantitative estimate of drug-likeness (QED) is 0.315. The van der Waals surface area contributed by atoms with Crippen LogP contribution < -0.4 is 22.1 Å². The van der Waals surface area contributed by atoms with Crippen LogP contribution in [0.25, 0.3) is 22.8 Å². The molecular weight excluding hydrogens is 432 g/mol. The number of rotatable bonds is 8. The van der Waals surface area contributed by atoms with Gasteiger partial charge in [-0.3, -0.25) is 28.6 Å². The molecule has 0 saturated carbocycles. The fraction of sp³-hybridized carbons (Fsp3) is 0.143. The zero-order valence-corrected chi connectivity index (χ0v) is 17.1. The molecule has 0 spiro atoms. The van der Waals surface area contributed by atoms with Crippen LogP contribution >= 0.6 is 0 Å². The van der Waals surface area contributed by atoms with Gasteiger partial charge in [0.05, 0.1) is 0 Å². The van der Waals surface area contributed by atoms with Gasteiger partial charge >= 0.3 is 11.5 Å². The number of nitrogens with zero attached hydrogens (tertiary/aromatic N) is 2. The second kappa shape index (κ2) is 9.60. The van der Waals surface area contributed by atoms with Crippen LogP contribution in [0.5, 0.6) is 0 Å². The number of H-pyrrole nitrogens is 2. The summed E-state index contributed by atoms with van der Waals surface area (Å²) in [6.07, 6.45) is 0.711. The monoisotopic (exact) mass is 450 g/mol. The van der Waals surface area contributed by atoms with E-state index >= 15 is 0 Å². The van der Waals surface area contributed by atoms with E-state index in [1.165, 1.54) is 0 Å². The van der Waals surface area contributed by atoms with Gasteiger partial charge in [0.2, 0.25) is 11.8 Å². The van der Waals surface area contributed by atoms with Gasteiger partial charge in [-0.2, -0.15) is 0 Å². The summed E-state index contributed by atoms with van der Waals surface area (Å²) in [6.45, 7) is 0. The van der Waals surface area contributed by atoms with Gasteiger partial charge < -0.3 is 10.6 Å². The number of carbonyl (C=O) groups is 2. The minimum atomic E-state index is -0.646. The third kappa shape index (κ3) is 5.70. The molecule has 2 aromatic heterocycles. The first kappa shape index (κ1) is 21.5. The van der Waals surface area contributed by atoms with Crippen molar-refractivity contribution in [3.05, 3.63) is 69.6 Å². The third-order valence-electron chi connectivity index (χ3n) is 4.57. The lowest BCUT2D eigenvalue weighted by molar-refractivity contribution is -0.117. The molecule has 0 aliphatic carbocycles. The second-order valence-electron chi connectivity index (χ2n) is 6.99. The molecule has 0 aliphatic rings. The summed E-state index contributed by atoms with van der Waals surface area (Å²) >= 11 is 0. The summed E-state index contributed by atoms with van der Waals surface area (Å²) in [5.74, 6) is -1.15. The maximum atomic E-state index is 12.1. The fourth-order valence-corrected chi connectivity index (χ4v) is 2.99. The van der Waals surface area contributed by atoms with E-state index in [1.807, 2.05) is 0 Å². The standard InChI is InChI=1S/C21H18N6O6/c28-16(22-14-8-4-12(5-9-14)18-24-20(30)32-26-18)2-1-3-17(29)23-15-10-6-13(7-11-15)19-25-21(31)33-27-19/h4-11H,1-3H2,(H,22,28)(H,23,29)(H,24,26,30)(H,25,27,31). The maximum absolute atomic E-state index is 12.1. The van der Waals surface area contributed by atoms with Crippen LogP contribution in [0.2, 0.25) is 0 Å². The van der Waals surface area contributed by atoms with Crippen LogP contribution in [0.4, 0.5) is 11.4 Å².